The summed E-state index contributed by atoms with van der Waals surface area (Å²) in [7, 11) is 0. The summed E-state index contributed by atoms with van der Waals surface area (Å²) < 4.78 is 0. The van der Waals surface area contributed by atoms with Crippen LogP contribution >= 0.6 is 11.6 Å². The lowest BCUT2D eigenvalue weighted by molar-refractivity contribution is -0.384. The number of benzene rings is 3. The van der Waals surface area contributed by atoms with Gasteiger partial charge in [-0.25, -0.2) is 4.98 Å². The van der Waals surface area contributed by atoms with Gasteiger partial charge in [0.05, 0.1) is 38.4 Å². The van der Waals surface area contributed by atoms with Gasteiger partial charge in [-0.3, -0.25) is 19.9 Å². The van der Waals surface area contributed by atoms with E-state index in [2.05, 4.69) is 15.3 Å². The van der Waals surface area contributed by atoms with Gasteiger partial charge in [0.25, 0.3) is 11.6 Å². The van der Waals surface area contributed by atoms with E-state index in [0.717, 1.165) is 22.7 Å². The van der Waals surface area contributed by atoms with Crippen LogP contribution in [0.15, 0.2) is 72.9 Å². The Balaban J connectivity index is 1.60. The number of rotatable bonds is 4. The predicted molar refractivity (Wildman–Crippen MR) is 111 cm³/mol. The first-order valence-corrected chi connectivity index (χ1v) is 8.96. The van der Waals surface area contributed by atoms with Crippen LogP contribution in [-0.2, 0) is 0 Å². The number of nitrogens with one attached hydrogen (secondary N) is 1. The molecule has 0 aliphatic carbocycles. The molecule has 7 nitrogen and oxygen atoms in total. The third-order valence-electron chi connectivity index (χ3n) is 4.27. The molecule has 1 aromatic heterocycles. The third-order valence-corrected chi connectivity index (χ3v) is 4.59. The fraction of sp³-hybridized carbons (Fsp3) is 0. The van der Waals surface area contributed by atoms with E-state index in [4.69, 9.17) is 11.6 Å². The molecule has 1 amide bonds. The van der Waals surface area contributed by atoms with Crippen LogP contribution in [0.4, 0.5) is 11.4 Å². The van der Waals surface area contributed by atoms with E-state index < -0.39 is 10.8 Å². The number of non-ortho nitro benzene ring substituents is 1. The van der Waals surface area contributed by atoms with Crippen molar-refractivity contribution in [3.63, 3.8) is 0 Å². The van der Waals surface area contributed by atoms with E-state index in [1.54, 1.807) is 24.4 Å². The number of para-hydroxylation sites is 2. The molecule has 0 aliphatic heterocycles. The SMILES string of the molecule is O=C(Nc1cccc(-c2cnc3ccccc3n2)c1)c1ccc([N+](=O)[O-])cc1Cl. The molecule has 142 valence electrons. The van der Waals surface area contributed by atoms with Crippen molar-refractivity contribution in [1.29, 1.82) is 0 Å². The summed E-state index contributed by atoms with van der Waals surface area (Å²) in [5.74, 6) is -0.466. The number of hydrogen-bond acceptors (Lipinski definition) is 5. The highest BCUT2D eigenvalue weighted by Gasteiger charge is 2.15. The molecule has 0 spiro atoms. The maximum absolute atomic E-state index is 12.5. The summed E-state index contributed by atoms with van der Waals surface area (Å²) >= 11 is 6.03. The molecule has 1 N–H and O–H groups in total. The summed E-state index contributed by atoms with van der Waals surface area (Å²) in [4.78, 5) is 31.8. The van der Waals surface area contributed by atoms with Crippen LogP contribution in [0.2, 0.25) is 5.02 Å². The van der Waals surface area contributed by atoms with Crippen molar-refractivity contribution in [2.24, 2.45) is 0 Å². The molecular formula is C21H13ClN4O3. The molecule has 3 aromatic carbocycles. The molecule has 4 rings (SSSR count). The van der Waals surface area contributed by atoms with Crippen LogP contribution in [0.1, 0.15) is 10.4 Å². The van der Waals surface area contributed by atoms with Crippen LogP contribution in [0, 0.1) is 10.1 Å². The molecule has 0 aliphatic rings. The molecule has 29 heavy (non-hydrogen) atoms. The second kappa shape index (κ2) is 7.65. The van der Waals surface area contributed by atoms with Crippen molar-refractivity contribution in [1.82, 2.24) is 9.97 Å². The Morgan fingerprint density at radius 1 is 1.00 bits per heavy atom. The molecule has 4 aromatic rings. The summed E-state index contributed by atoms with van der Waals surface area (Å²) in [5, 5.41) is 13.6. The first-order valence-electron chi connectivity index (χ1n) is 8.59. The van der Waals surface area contributed by atoms with Crippen molar-refractivity contribution in [3.05, 3.63) is 93.6 Å². The van der Waals surface area contributed by atoms with Gasteiger partial charge in [-0.1, -0.05) is 35.9 Å². The molecule has 0 unspecified atom stereocenters. The van der Waals surface area contributed by atoms with E-state index in [1.165, 1.54) is 12.1 Å². The van der Waals surface area contributed by atoms with Crippen LogP contribution < -0.4 is 5.32 Å². The van der Waals surface area contributed by atoms with Crippen molar-refractivity contribution in [2.75, 3.05) is 5.32 Å². The van der Waals surface area contributed by atoms with Crippen molar-refractivity contribution < 1.29 is 9.72 Å². The minimum Gasteiger partial charge on any atom is -0.322 e. The van der Waals surface area contributed by atoms with Crippen molar-refractivity contribution in [2.45, 2.75) is 0 Å². The molecule has 0 bridgehead atoms. The fourth-order valence-electron chi connectivity index (χ4n) is 2.85. The minimum atomic E-state index is -0.568. The highest BCUT2D eigenvalue weighted by molar-refractivity contribution is 6.34. The first kappa shape index (κ1) is 18.5. The number of fused-ring (bicyclic) bond motifs is 1. The molecule has 8 heteroatoms. The molecule has 1 heterocycles. The topological polar surface area (TPSA) is 98.0 Å². The van der Waals surface area contributed by atoms with Crippen LogP contribution in [0.3, 0.4) is 0 Å². The number of aromatic nitrogens is 2. The number of anilines is 1. The summed E-state index contributed by atoms with van der Waals surface area (Å²) in [6.45, 7) is 0. The van der Waals surface area contributed by atoms with Gasteiger partial charge < -0.3 is 5.32 Å². The standard InChI is InChI=1S/C21H13ClN4O3/c22-17-11-15(26(28)29)8-9-16(17)21(27)24-14-5-3-4-13(10-14)20-12-23-18-6-1-2-7-19(18)25-20/h1-12H,(H,24,27). The van der Waals surface area contributed by atoms with Crippen LogP contribution in [-0.4, -0.2) is 20.8 Å². The lowest BCUT2D eigenvalue weighted by Crippen LogP contribution is -2.12. The summed E-state index contributed by atoms with van der Waals surface area (Å²) in [5.41, 5.74) is 3.54. The van der Waals surface area contributed by atoms with Gasteiger partial charge in [-0.15, -0.1) is 0 Å². The predicted octanol–water partition coefficient (Wildman–Crippen LogP) is 5.11. The van der Waals surface area contributed by atoms with E-state index in [-0.39, 0.29) is 16.3 Å². The second-order valence-corrected chi connectivity index (χ2v) is 6.61. The largest absolute Gasteiger partial charge is 0.322 e. The molecule has 0 atom stereocenters. The van der Waals surface area contributed by atoms with Crippen molar-refractivity contribution in [3.8, 4) is 11.3 Å². The quantitative estimate of drug-likeness (QED) is 0.376. The monoisotopic (exact) mass is 404 g/mol. The first-order chi connectivity index (χ1) is 14.0. The lowest BCUT2D eigenvalue weighted by atomic mass is 10.1. The number of halogens is 1. The van der Waals surface area contributed by atoms with Gasteiger partial charge in [0.15, 0.2) is 0 Å². The Morgan fingerprint density at radius 2 is 1.79 bits per heavy atom. The van der Waals surface area contributed by atoms with Gasteiger partial charge >= 0.3 is 0 Å². The number of nitro groups is 1. The van der Waals surface area contributed by atoms with Gasteiger partial charge in [0.2, 0.25) is 0 Å². The van der Waals surface area contributed by atoms with E-state index in [1.807, 2.05) is 30.3 Å². The number of hydrogen-bond donors (Lipinski definition) is 1. The molecule has 0 saturated heterocycles. The Labute approximate surface area is 170 Å². The summed E-state index contributed by atoms with van der Waals surface area (Å²) in [6.07, 6.45) is 1.68. The second-order valence-electron chi connectivity index (χ2n) is 6.20. The van der Waals surface area contributed by atoms with Gasteiger partial charge in [0, 0.05) is 23.4 Å². The molecule has 0 saturated carbocycles. The number of carbonyl (C=O) groups is 1. The van der Waals surface area contributed by atoms with Gasteiger partial charge in [-0.2, -0.15) is 0 Å². The Hall–Kier alpha value is -3.84. The van der Waals surface area contributed by atoms with Gasteiger partial charge in [0.1, 0.15) is 0 Å². The minimum absolute atomic E-state index is 0.00764. The highest BCUT2D eigenvalue weighted by Crippen LogP contribution is 2.25. The fourth-order valence-corrected chi connectivity index (χ4v) is 3.11. The average molecular weight is 405 g/mol. The number of nitro benzene ring substituents is 1. The van der Waals surface area contributed by atoms with Crippen LogP contribution in [0.25, 0.3) is 22.3 Å². The summed E-state index contributed by atoms with van der Waals surface area (Å²) in [6, 6.07) is 18.4. The average Bonchev–Trinajstić information content (AvgIpc) is 2.73. The maximum atomic E-state index is 12.5. The zero-order chi connectivity index (χ0) is 20.4. The third kappa shape index (κ3) is 3.90. The van der Waals surface area contributed by atoms with Gasteiger partial charge in [-0.05, 0) is 30.3 Å². The zero-order valence-corrected chi connectivity index (χ0v) is 15.6. The van der Waals surface area contributed by atoms with E-state index in [9.17, 15) is 14.9 Å². The Kier molecular flexibility index (Phi) is 4.88. The van der Waals surface area contributed by atoms with E-state index in [0.29, 0.717) is 11.4 Å². The Morgan fingerprint density at radius 3 is 2.55 bits per heavy atom. The number of carbonyl (C=O) groups excluding carboxylic acids is 1. The normalized spacial score (nSPS) is 10.7. The smallest absolute Gasteiger partial charge is 0.270 e. The molecule has 0 fully saturated rings. The molecular weight excluding hydrogens is 392 g/mol. The number of amides is 1. The number of nitrogens with zero attached hydrogens (tertiary/aromatic N) is 3. The van der Waals surface area contributed by atoms with Crippen molar-refractivity contribution >= 4 is 39.9 Å². The van der Waals surface area contributed by atoms with E-state index >= 15 is 0 Å². The zero-order valence-electron chi connectivity index (χ0n) is 14.9. The Bertz CT molecular complexity index is 1260. The lowest BCUT2D eigenvalue weighted by Gasteiger charge is -2.09. The van der Waals surface area contributed by atoms with Crippen LogP contribution in [0.5, 0.6) is 0 Å². The highest BCUT2D eigenvalue weighted by atomic mass is 35.5. The maximum Gasteiger partial charge on any atom is 0.270 e. The molecule has 0 radical (unpaired) electrons.